The topological polar surface area (TPSA) is 72.2 Å². The van der Waals surface area contributed by atoms with Gasteiger partial charge >= 0.3 is 0 Å². The summed E-state index contributed by atoms with van der Waals surface area (Å²) in [5, 5.41) is 2.35. The quantitative estimate of drug-likeness (QED) is 0.845. The molecule has 0 bridgehead atoms. The maximum atomic E-state index is 13.6. The number of halogens is 3. The number of hydrogen-bond acceptors (Lipinski definition) is 2. The maximum Gasteiger partial charge on any atom is 0.240 e. The molecule has 0 aliphatic heterocycles. The van der Waals surface area contributed by atoms with Crippen molar-refractivity contribution in [3.63, 3.8) is 0 Å². The maximum absolute atomic E-state index is 13.6. The molecule has 0 heterocycles. The van der Waals surface area contributed by atoms with Gasteiger partial charge in [0.15, 0.2) is 0 Å². The lowest BCUT2D eigenvalue weighted by Gasteiger charge is -2.16. The molecule has 0 unspecified atom stereocenters. The Bertz CT molecular complexity index is 745. The molecule has 0 aliphatic carbocycles. The van der Waals surface area contributed by atoms with E-state index in [0.29, 0.717) is 6.07 Å². The number of nitrogens with one attached hydrogen (secondary N) is 1. The minimum Gasteiger partial charge on any atom is -0.368 e. The molecule has 2 aromatic carbocycles. The van der Waals surface area contributed by atoms with Gasteiger partial charge < -0.3 is 11.1 Å². The van der Waals surface area contributed by atoms with Crippen molar-refractivity contribution in [2.24, 2.45) is 5.73 Å². The van der Waals surface area contributed by atoms with E-state index in [1.807, 2.05) is 0 Å². The van der Waals surface area contributed by atoms with Crippen LogP contribution in [0.2, 0.25) is 0 Å². The molecular weight excluding hydrogens is 321 g/mol. The average molecular weight is 336 g/mol. The van der Waals surface area contributed by atoms with Crippen LogP contribution in [0.4, 0.5) is 13.2 Å². The first kappa shape index (κ1) is 17.5. The van der Waals surface area contributed by atoms with Crippen LogP contribution in [0.1, 0.15) is 11.1 Å². The highest BCUT2D eigenvalue weighted by atomic mass is 19.1. The number of primary amides is 1. The predicted molar refractivity (Wildman–Crippen MR) is 81.3 cm³/mol. The number of carbonyl (C=O) groups excluding carboxylic acids is 2. The highest BCUT2D eigenvalue weighted by Gasteiger charge is 2.20. The minimum atomic E-state index is -1.13. The van der Waals surface area contributed by atoms with Gasteiger partial charge in [-0.15, -0.1) is 0 Å². The number of hydrogen-bond donors (Lipinski definition) is 2. The second-order valence-electron chi connectivity index (χ2n) is 5.27. The summed E-state index contributed by atoms with van der Waals surface area (Å²) in [6.45, 7) is 0. The van der Waals surface area contributed by atoms with Crippen LogP contribution in [0, 0.1) is 17.5 Å². The lowest BCUT2D eigenvalue weighted by molar-refractivity contribution is -0.127. The third-order valence-corrected chi connectivity index (χ3v) is 3.35. The standard InChI is InChI=1S/C17H15F3N2O2/c18-12-5-10(6-13(19)9-12)7-16(23)22-15(17(21)24)8-11-3-1-2-4-14(11)20/h1-6,9,15H,7-8H2,(H2,21,24)(H,22,23)/t15-/m1/s1. The van der Waals surface area contributed by atoms with Crippen molar-refractivity contribution in [1.82, 2.24) is 5.32 Å². The normalized spacial score (nSPS) is 11.8. The summed E-state index contributed by atoms with van der Waals surface area (Å²) in [5.41, 5.74) is 5.56. The van der Waals surface area contributed by atoms with E-state index in [4.69, 9.17) is 5.73 Å². The fourth-order valence-corrected chi connectivity index (χ4v) is 2.25. The van der Waals surface area contributed by atoms with Gasteiger partial charge in [-0.05, 0) is 29.3 Å². The van der Waals surface area contributed by atoms with Gasteiger partial charge in [-0.1, -0.05) is 18.2 Å². The summed E-state index contributed by atoms with van der Waals surface area (Å²) in [7, 11) is 0. The molecule has 7 heteroatoms. The largest absolute Gasteiger partial charge is 0.368 e. The van der Waals surface area contributed by atoms with E-state index >= 15 is 0 Å². The summed E-state index contributed by atoms with van der Waals surface area (Å²) < 4.78 is 39.9. The van der Waals surface area contributed by atoms with Gasteiger partial charge in [0.2, 0.25) is 11.8 Å². The Hall–Kier alpha value is -2.83. The summed E-state index contributed by atoms with van der Waals surface area (Å²) in [4.78, 5) is 23.4. The zero-order chi connectivity index (χ0) is 17.7. The molecule has 126 valence electrons. The fourth-order valence-electron chi connectivity index (χ4n) is 2.25. The number of carbonyl (C=O) groups is 2. The molecule has 0 aliphatic rings. The average Bonchev–Trinajstić information content (AvgIpc) is 2.47. The van der Waals surface area contributed by atoms with Gasteiger partial charge in [-0.3, -0.25) is 9.59 Å². The van der Waals surface area contributed by atoms with E-state index in [1.165, 1.54) is 18.2 Å². The van der Waals surface area contributed by atoms with Crippen molar-refractivity contribution in [2.45, 2.75) is 18.9 Å². The van der Waals surface area contributed by atoms with Crippen LogP contribution in [-0.4, -0.2) is 17.9 Å². The van der Waals surface area contributed by atoms with E-state index < -0.39 is 35.3 Å². The molecule has 2 rings (SSSR count). The number of amides is 2. The molecular formula is C17H15F3N2O2. The van der Waals surface area contributed by atoms with Crippen molar-refractivity contribution in [2.75, 3.05) is 0 Å². The summed E-state index contributed by atoms with van der Waals surface area (Å²) >= 11 is 0. The first-order valence-electron chi connectivity index (χ1n) is 7.12. The highest BCUT2D eigenvalue weighted by molar-refractivity contribution is 5.87. The molecule has 2 aromatic rings. The first-order chi connectivity index (χ1) is 11.3. The zero-order valence-electron chi connectivity index (χ0n) is 12.6. The highest BCUT2D eigenvalue weighted by Crippen LogP contribution is 2.11. The van der Waals surface area contributed by atoms with Crippen molar-refractivity contribution in [3.8, 4) is 0 Å². The van der Waals surface area contributed by atoms with Crippen molar-refractivity contribution < 1.29 is 22.8 Å². The predicted octanol–water partition coefficient (Wildman–Crippen LogP) is 1.86. The Balaban J connectivity index is 2.06. The SMILES string of the molecule is NC(=O)[C@@H](Cc1ccccc1F)NC(=O)Cc1cc(F)cc(F)c1. The Morgan fingerprint density at radius 2 is 1.67 bits per heavy atom. The molecule has 0 radical (unpaired) electrons. The van der Waals surface area contributed by atoms with Gasteiger partial charge in [0, 0.05) is 12.5 Å². The van der Waals surface area contributed by atoms with Crippen molar-refractivity contribution in [1.29, 1.82) is 0 Å². The van der Waals surface area contributed by atoms with Gasteiger partial charge in [-0.2, -0.15) is 0 Å². The van der Waals surface area contributed by atoms with E-state index in [9.17, 15) is 22.8 Å². The Labute approximate surface area is 136 Å². The Morgan fingerprint density at radius 3 is 2.25 bits per heavy atom. The first-order valence-corrected chi connectivity index (χ1v) is 7.12. The third kappa shape index (κ3) is 4.84. The van der Waals surface area contributed by atoms with Gasteiger partial charge in [0.25, 0.3) is 0 Å². The third-order valence-electron chi connectivity index (χ3n) is 3.35. The molecule has 4 nitrogen and oxygen atoms in total. The van der Waals surface area contributed by atoms with Gasteiger partial charge in [-0.25, -0.2) is 13.2 Å². The van der Waals surface area contributed by atoms with E-state index in [2.05, 4.69) is 5.32 Å². The van der Waals surface area contributed by atoms with Crippen molar-refractivity contribution in [3.05, 3.63) is 71.0 Å². The molecule has 2 amide bonds. The van der Waals surface area contributed by atoms with E-state index in [1.54, 1.807) is 6.07 Å². The number of rotatable bonds is 6. The van der Waals surface area contributed by atoms with Crippen LogP contribution >= 0.6 is 0 Å². The molecule has 0 saturated carbocycles. The van der Waals surface area contributed by atoms with Gasteiger partial charge in [0.05, 0.1) is 6.42 Å². The molecule has 24 heavy (non-hydrogen) atoms. The summed E-state index contributed by atoms with van der Waals surface area (Å²) in [5.74, 6) is -3.63. The number of benzene rings is 2. The monoisotopic (exact) mass is 336 g/mol. The summed E-state index contributed by atoms with van der Waals surface area (Å²) in [6, 6.07) is 7.36. The fraction of sp³-hybridized carbons (Fsp3) is 0.176. The smallest absolute Gasteiger partial charge is 0.240 e. The number of nitrogens with two attached hydrogens (primary N) is 1. The molecule has 0 saturated heterocycles. The molecule has 0 spiro atoms. The van der Waals surface area contributed by atoms with Crippen LogP contribution in [0.5, 0.6) is 0 Å². The Kier molecular flexibility index (Phi) is 5.57. The summed E-state index contributed by atoms with van der Waals surface area (Å²) in [6.07, 6.45) is -0.457. The van der Waals surface area contributed by atoms with Gasteiger partial charge in [0.1, 0.15) is 23.5 Å². The second kappa shape index (κ2) is 7.63. The molecule has 1 atom stereocenters. The van der Waals surface area contributed by atoms with Crippen LogP contribution in [0.25, 0.3) is 0 Å². The second-order valence-corrected chi connectivity index (χ2v) is 5.27. The lowest BCUT2D eigenvalue weighted by atomic mass is 10.0. The Morgan fingerprint density at radius 1 is 1.04 bits per heavy atom. The van der Waals surface area contributed by atoms with E-state index in [0.717, 1.165) is 12.1 Å². The molecule has 3 N–H and O–H groups in total. The van der Waals surface area contributed by atoms with Crippen LogP contribution in [0.15, 0.2) is 42.5 Å². The lowest BCUT2D eigenvalue weighted by Crippen LogP contribution is -2.46. The van der Waals surface area contributed by atoms with Crippen LogP contribution in [0.3, 0.4) is 0 Å². The van der Waals surface area contributed by atoms with Crippen LogP contribution in [-0.2, 0) is 22.4 Å². The van der Waals surface area contributed by atoms with Crippen LogP contribution < -0.4 is 11.1 Å². The molecule has 0 aromatic heterocycles. The minimum absolute atomic E-state index is 0.110. The molecule has 0 fully saturated rings. The van der Waals surface area contributed by atoms with Crippen molar-refractivity contribution >= 4 is 11.8 Å². The van der Waals surface area contributed by atoms with E-state index in [-0.39, 0.29) is 24.0 Å². The zero-order valence-corrected chi connectivity index (χ0v) is 12.6.